The number of aromatic nitrogens is 1. The van der Waals surface area contributed by atoms with Gasteiger partial charge in [-0.05, 0) is 68.5 Å². The number of aliphatic hydroxyl groups is 1. The maximum absolute atomic E-state index is 15.0. The van der Waals surface area contributed by atoms with Gasteiger partial charge in [-0.15, -0.1) is 0 Å². The fourth-order valence-corrected chi connectivity index (χ4v) is 5.41. The van der Waals surface area contributed by atoms with Crippen LogP contribution in [0, 0.1) is 17.2 Å². The van der Waals surface area contributed by atoms with E-state index in [9.17, 15) is 14.7 Å². The van der Waals surface area contributed by atoms with E-state index in [0.717, 1.165) is 37.4 Å². The average molecular weight is 527 g/mol. The van der Waals surface area contributed by atoms with Gasteiger partial charge in [0.1, 0.15) is 17.1 Å². The molecule has 3 heterocycles. The quantitative estimate of drug-likeness (QED) is 0.572. The molecule has 2 atom stereocenters. The van der Waals surface area contributed by atoms with Gasteiger partial charge < -0.3 is 25.4 Å². The number of β-amino-alcohol motifs (C(OH)–C–C–N with tert-alkyl or cyclic N) is 1. The van der Waals surface area contributed by atoms with Crippen LogP contribution in [-0.2, 0) is 4.79 Å². The highest BCUT2D eigenvalue weighted by Crippen LogP contribution is 2.32. The van der Waals surface area contributed by atoms with Gasteiger partial charge in [-0.25, -0.2) is 4.39 Å². The second kappa shape index (κ2) is 11.0. The molecule has 2 amide bonds. The van der Waals surface area contributed by atoms with Crippen LogP contribution in [0.2, 0.25) is 0 Å². The van der Waals surface area contributed by atoms with Gasteiger partial charge >= 0.3 is 0 Å². The van der Waals surface area contributed by atoms with Crippen molar-refractivity contribution in [1.29, 1.82) is 0 Å². The molecule has 0 bridgehead atoms. The Hall–Kier alpha value is -3.04. The predicted octanol–water partition coefficient (Wildman–Crippen LogP) is 3.48. The molecule has 0 saturated carbocycles. The Morgan fingerprint density at radius 3 is 2.50 bits per heavy atom. The number of primary amides is 1. The maximum Gasteiger partial charge on any atom is 0.257 e. The van der Waals surface area contributed by atoms with Gasteiger partial charge in [-0.3, -0.25) is 14.6 Å². The molecule has 3 N–H and O–H groups in total. The number of halogens is 1. The largest absolute Gasteiger partial charge is 0.492 e. The third kappa shape index (κ3) is 6.32. The van der Waals surface area contributed by atoms with Gasteiger partial charge in [0, 0.05) is 25.1 Å². The number of rotatable bonds is 7. The molecule has 2 fully saturated rings. The first-order valence-electron chi connectivity index (χ1n) is 13.3. The van der Waals surface area contributed by atoms with Crippen LogP contribution in [-0.4, -0.2) is 76.1 Å². The molecule has 2 aromatic rings. The first-order valence-corrected chi connectivity index (χ1v) is 13.3. The summed E-state index contributed by atoms with van der Waals surface area (Å²) in [7, 11) is 0. The molecule has 4 rings (SSSR count). The minimum atomic E-state index is -1.37. The Labute approximate surface area is 224 Å². The first kappa shape index (κ1) is 28.0. The van der Waals surface area contributed by atoms with Crippen LogP contribution in [0.4, 0.5) is 4.39 Å². The lowest BCUT2D eigenvalue weighted by molar-refractivity contribution is -0.126. The van der Waals surface area contributed by atoms with E-state index in [4.69, 9.17) is 10.5 Å². The fourth-order valence-electron chi connectivity index (χ4n) is 5.41. The summed E-state index contributed by atoms with van der Waals surface area (Å²) in [5.74, 6) is -0.986. The van der Waals surface area contributed by atoms with Gasteiger partial charge in [-0.2, -0.15) is 0 Å². The third-order valence-corrected chi connectivity index (χ3v) is 7.52. The van der Waals surface area contributed by atoms with E-state index in [1.54, 1.807) is 18.3 Å². The summed E-state index contributed by atoms with van der Waals surface area (Å²) in [6, 6.07) is 7.81. The molecule has 9 heteroatoms. The van der Waals surface area contributed by atoms with Crippen molar-refractivity contribution in [2.24, 2.45) is 17.1 Å². The Morgan fingerprint density at radius 2 is 1.92 bits per heavy atom. The molecule has 2 aliphatic rings. The monoisotopic (exact) mass is 526 g/mol. The van der Waals surface area contributed by atoms with E-state index in [-0.39, 0.29) is 18.5 Å². The summed E-state index contributed by atoms with van der Waals surface area (Å²) < 4.78 is 21.0. The number of benzene rings is 1. The van der Waals surface area contributed by atoms with Crippen LogP contribution in [0.3, 0.4) is 0 Å². The van der Waals surface area contributed by atoms with Crippen molar-refractivity contribution in [3.05, 3.63) is 47.9 Å². The van der Waals surface area contributed by atoms with E-state index in [1.807, 2.05) is 6.07 Å². The predicted molar refractivity (Wildman–Crippen MR) is 143 cm³/mol. The molecule has 38 heavy (non-hydrogen) atoms. The van der Waals surface area contributed by atoms with Crippen molar-refractivity contribution in [2.75, 3.05) is 32.8 Å². The van der Waals surface area contributed by atoms with Crippen LogP contribution in [0.1, 0.15) is 57.3 Å². The van der Waals surface area contributed by atoms with Crippen molar-refractivity contribution >= 4 is 11.8 Å². The molecule has 0 spiro atoms. The van der Waals surface area contributed by atoms with Crippen molar-refractivity contribution < 1.29 is 23.8 Å². The highest BCUT2D eigenvalue weighted by atomic mass is 19.1. The summed E-state index contributed by atoms with van der Waals surface area (Å²) in [5.41, 5.74) is 5.28. The molecule has 206 valence electrons. The summed E-state index contributed by atoms with van der Waals surface area (Å²) in [6.45, 7) is 12.1. The van der Waals surface area contributed by atoms with Crippen LogP contribution in [0.15, 0.2) is 36.5 Å². The number of aliphatic hydroxyl groups excluding tert-OH is 1. The molecule has 0 unspecified atom stereocenters. The van der Waals surface area contributed by atoms with E-state index < -0.39 is 29.3 Å². The number of ether oxygens (including phenoxy) is 1. The molecular weight excluding hydrogens is 487 g/mol. The topological polar surface area (TPSA) is 109 Å². The zero-order valence-electron chi connectivity index (χ0n) is 22.7. The van der Waals surface area contributed by atoms with E-state index in [0.29, 0.717) is 34.9 Å². The number of carbonyl (C=O) groups is 2. The van der Waals surface area contributed by atoms with E-state index >= 15 is 4.39 Å². The van der Waals surface area contributed by atoms with Gasteiger partial charge in [0.25, 0.3) is 5.91 Å². The van der Waals surface area contributed by atoms with Crippen LogP contribution in [0.5, 0.6) is 5.75 Å². The molecule has 0 aliphatic carbocycles. The van der Waals surface area contributed by atoms with Crippen molar-refractivity contribution in [1.82, 2.24) is 14.8 Å². The number of amides is 2. The van der Waals surface area contributed by atoms with Crippen molar-refractivity contribution in [2.45, 2.75) is 58.6 Å². The zero-order chi connectivity index (χ0) is 27.7. The summed E-state index contributed by atoms with van der Waals surface area (Å²) in [6.07, 6.45) is 2.97. The molecular formula is C29H39FN4O4. The lowest BCUT2D eigenvalue weighted by atomic mass is 9.92. The minimum absolute atomic E-state index is 0.0164. The maximum atomic E-state index is 15.0. The summed E-state index contributed by atoms with van der Waals surface area (Å²) in [4.78, 5) is 33.1. The number of nitrogens with zero attached hydrogens (tertiary/aromatic N) is 3. The lowest BCUT2D eigenvalue weighted by Gasteiger charge is -2.35. The Kier molecular flexibility index (Phi) is 8.09. The van der Waals surface area contributed by atoms with Crippen LogP contribution < -0.4 is 10.5 Å². The number of likely N-dealkylation sites (tertiary alicyclic amines) is 2. The van der Waals surface area contributed by atoms with Crippen LogP contribution in [0.25, 0.3) is 11.3 Å². The zero-order valence-corrected chi connectivity index (χ0v) is 22.7. The number of pyridine rings is 1. The number of carbonyl (C=O) groups excluding carboxylic acids is 2. The third-order valence-electron chi connectivity index (χ3n) is 7.52. The smallest absolute Gasteiger partial charge is 0.257 e. The molecule has 2 saturated heterocycles. The number of nitrogens with two attached hydrogens (primary N) is 1. The summed E-state index contributed by atoms with van der Waals surface area (Å²) >= 11 is 0. The van der Waals surface area contributed by atoms with Gasteiger partial charge in [-0.1, -0.05) is 26.8 Å². The number of hydrogen-bond donors (Lipinski definition) is 2. The highest BCUT2D eigenvalue weighted by Gasteiger charge is 2.49. The molecule has 2 aliphatic heterocycles. The molecule has 8 nitrogen and oxygen atoms in total. The lowest BCUT2D eigenvalue weighted by Crippen LogP contribution is -2.54. The fraction of sp³-hybridized carbons (Fsp3) is 0.552. The normalized spacial score (nSPS) is 23.0. The highest BCUT2D eigenvalue weighted by molar-refractivity contribution is 5.99. The second-order valence-corrected chi connectivity index (χ2v) is 12.1. The van der Waals surface area contributed by atoms with E-state index in [1.165, 1.54) is 19.1 Å². The SMILES string of the molecule is CC(C)(C)CN1CCC(COc2ccc(-c3ccc(C(=O)N4C[C@H](O)C[C@@]4(C)C(N)=O)c(F)c3)nc2)CC1. The minimum Gasteiger partial charge on any atom is -0.492 e. The number of piperidine rings is 1. The Bertz CT molecular complexity index is 1160. The standard InChI is InChI=1S/C29H39FN4O4/c1-28(2,3)18-33-11-9-19(10-12-33)17-38-22-6-8-25(32-15-22)20-5-7-23(24(30)13-20)26(36)34-16-21(35)14-29(34,4)27(31)37/h5-8,13,15,19,21,35H,9-12,14,16-18H2,1-4H3,(H2,31,37)/t21-,29+/m1/s1. The van der Waals surface area contributed by atoms with Gasteiger partial charge in [0.15, 0.2) is 0 Å². The second-order valence-electron chi connectivity index (χ2n) is 12.1. The van der Waals surface area contributed by atoms with E-state index in [2.05, 4.69) is 30.7 Å². The molecule has 0 radical (unpaired) electrons. The first-order chi connectivity index (χ1) is 17.9. The van der Waals surface area contributed by atoms with Gasteiger partial charge in [0.2, 0.25) is 5.91 Å². The summed E-state index contributed by atoms with van der Waals surface area (Å²) in [5, 5.41) is 10.0. The van der Waals surface area contributed by atoms with Crippen molar-refractivity contribution in [3.63, 3.8) is 0 Å². The molecule has 1 aromatic heterocycles. The van der Waals surface area contributed by atoms with Crippen molar-refractivity contribution in [3.8, 4) is 17.0 Å². The Morgan fingerprint density at radius 1 is 1.21 bits per heavy atom. The number of hydrogen-bond acceptors (Lipinski definition) is 6. The van der Waals surface area contributed by atoms with Gasteiger partial charge in [0.05, 0.1) is 30.2 Å². The Balaban J connectivity index is 1.35. The van der Waals surface area contributed by atoms with Crippen LogP contribution >= 0.6 is 0 Å². The average Bonchev–Trinajstić information content (AvgIpc) is 3.18. The molecule has 1 aromatic carbocycles.